The van der Waals surface area contributed by atoms with E-state index in [0.717, 1.165) is 37.2 Å². The van der Waals surface area contributed by atoms with E-state index in [1.165, 1.54) is 10.4 Å². The summed E-state index contributed by atoms with van der Waals surface area (Å²) in [5.41, 5.74) is 3.25. The van der Waals surface area contributed by atoms with Crippen LogP contribution in [0, 0.1) is 13.8 Å². The van der Waals surface area contributed by atoms with Gasteiger partial charge in [0, 0.05) is 22.7 Å². The summed E-state index contributed by atoms with van der Waals surface area (Å²) >= 11 is 1.70. The van der Waals surface area contributed by atoms with Gasteiger partial charge >= 0.3 is 6.03 Å². The Morgan fingerprint density at radius 2 is 2.39 bits per heavy atom. The van der Waals surface area contributed by atoms with Crippen LogP contribution >= 0.6 is 11.3 Å². The maximum Gasteiger partial charge on any atom is 0.318 e. The molecule has 2 aromatic rings. The molecule has 0 radical (unpaired) electrons. The number of H-pyrrole nitrogens is 1. The lowest BCUT2D eigenvalue weighted by atomic mass is 10.0. The first-order valence-corrected chi connectivity index (χ1v) is 9.11. The fraction of sp³-hybridized carbons (Fsp3) is 0.529. The van der Waals surface area contributed by atoms with Gasteiger partial charge in [-0.3, -0.25) is 5.10 Å². The van der Waals surface area contributed by atoms with Crippen LogP contribution in [0.3, 0.4) is 0 Å². The van der Waals surface area contributed by atoms with Crippen molar-refractivity contribution in [2.24, 2.45) is 0 Å². The second-order valence-corrected chi connectivity index (χ2v) is 7.10. The average Bonchev–Trinajstić information content (AvgIpc) is 3.26. The van der Waals surface area contributed by atoms with Gasteiger partial charge in [0.05, 0.1) is 17.8 Å². The molecule has 0 bridgehead atoms. The highest BCUT2D eigenvalue weighted by molar-refractivity contribution is 7.10. The second kappa shape index (κ2) is 6.74. The Kier molecular flexibility index (Phi) is 4.71. The molecule has 124 valence electrons. The molecule has 5 nitrogen and oxygen atoms in total. The van der Waals surface area contributed by atoms with Crippen LogP contribution in [0.5, 0.6) is 0 Å². The van der Waals surface area contributed by atoms with Crippen molar-refractivity contribution in [2.75, 3.05) is 6.54 Å². The van der Waals surface area contributed by atoms with Gasteiger partial charge in [0.25, 0.3) is 0 Å². The van der Waals surface area contributed by atoms with Crippen LogP contribution < -0.4 is 5.32 Å². The number of likely N-dealkylation sites (tertiary alicyclic amines) is 1. The summed E-state index contributed by atoms with van der Waals surface area (Å²) < 4.78 is 0. The molecule has 1 saturated heterocycles. The van der Waals surface area contributed by atoms with Crippen molar-refractivity contribution in [3.05, 3.63) is 39.3 Å². The number of nitrogens with one attached hydrogen (secondary N) is 2. The molecule has 0 saturated carbocycles. The lowest BCUT2D eigenvalue weighted by Gasteiger charge is -2.27. The van der Waals surface area contributed by atoms with Crippen LogP contribution in [0.4, 0.5) is 4.79 Å². The Balaban J connectivity index is 1.76. The molecule has 3 heterocycles. The Hall–Kier alpha value is -1.82. The first-order valence-electron chi connectivity index (χ1n) is 8.23. The minimum atomic E-state index is 0.0350. The molecule has 3 rings (SSSR count). The van der Waals surface area contributed by atoms with Crippen molar-refractivity contribution < 1.29 is 4.79 Å². The summed E-state index contributed by atoms with van der Waals surface area (Å²) in [6.45, 7) is 6.95. The van der Waals surface area contributed by atoms with E-state index in [4.69, 9.17) is 0 Å². The predicted molar refractivity (Wildman–Crippen MR) is 92.6 cm³/mol. The molecule has 1 aliphatic heterocycles. The van der Waals surface area contributed by atoms with Gasteiger partial charge in [-0.2, -0.15) is 5.10 Å². The normalized spacial score (nSPS) is 19.1. The molecule has 1 fully saturated rings. The van der Waals surface area contributed by atoms with E-state index in [9.17, 15) is 4.79 Å². The highest BCUT2D eigenvalue weighted by Gasteiger charge is 2.33. The van der Waals surface area contributed by atoms with Crippen molar-refractivity contribution in [3.8, 4) is 0 Å². The first kappa shape index (κ1) is 16.1. The van der Waals surface area contributed by atoms with E-state index in [-0.39, 0.29) is 18.1 Å². The van der Waals surface area contributed by atoms with Crippen LogP contribution in [0.2, 0.25) is 0 Å². The number of amides is 2. The lowest BCUT2D eigenvalue weighted by Crippen LogP contribution is -2.41. The number of rotatable bonds is 4. The summed E-state index contributed by atoms with van der Waals surface area (Å²) in [7, 11) is 0. The van der Waals surface area contributed by atoms with Crippen LogP contribution in [0.1, 0.15) is 60.1 Å². The summed E-state index contributed by atoms with van der Waals surface area (Å²) in [4.78, 5) is 16.0. The predicted octanol–water partition coefficient (Wildman–Crippen LogP) is 4.09. The largest absolute Gasteiger partial charge is 0.330 e. The number of carbonyl (C=O) groups excluding carboxylic acids is 1. The zero-order valence-corrected chi connectivity index (χ0v) is 14.7. The number of aromatic nitrogens is 2. The molecule has 0 aromatic carbocycles. The Labute approximate surface area is 141 Å². The number of aromatic amines is 1. The summed E-state index contributed by atoms with van der Waals surface area (Å²) in [5.74, 6) is 0. The third kappa shape index (κ3) is 3.13. The molecule has 2 N–H and O–H groups in total. The van der Waals surface area contributed by atoms with Crippen molar-refractivity contribution in [1.29, 1.82) is 0 Å². The van der Waals surface area contributed by atoms with Crippen LogP contribution in [0.15, 0.2) is 17.5 Å². The van der Waals surface area contributed by atoms with E-state index in [0.29, 0.717) is 0 Å². The number of hydrogen-bond acceptors (Lipinski definition) is 3. The smallest absolute Gasteiger partial charge is 0.318 e. The van der Waals surface area contributed by atoms with Gasteiger partial charge in [-0.25, -0.2) is 4.79 Å². The molecule has 1 aliphatic rings. The van der Waals surface area contributed by atoms with E-state index in [2.05, 4.69) is 33.9 Å². The van der Waals surface area contributed by atoms with Gasteiger partial charge in [-0.15, -0.1) is 11.3 Å². The monoisotopic (exact) mass is 332 g/mol. The van der Waals surface area contributed by atoms with Gasteiger partial charge in [0.15, 0.2) is 0 Å². The standard InChI is InChI=1S/C17H24N4OS/c1-4-13(15-8-6-10-23-15)18-17(22)21-9-5-7-14(21)16-11(2)19-20-12(16)3/h6,8,10,13-14H,4-5,7,9H2,1-3H3,(H,18,22)(H,19,20)/t13-,14-/m0/s1. The fourth-order valence-electron chi connectivity index (χ4n) is 3.46. The fourth-order valence-corrected chi connectivity index (χ4v) is 4.32. The first-order chi connectivity index (χ1) is 11.1. The molecule has 2 amide bonds. The minimum Gasteiger partial charge on any atom is -0.330 e. The second-order valence-electron chi connectivity index (χ2n) is 6.12. The highest BCUT2D eigenvalue weighted by atomic mass is 32.1. The maximum atomic E-state index is 12.8. The van der Waals surface area contributed by atoms with E-state index >= 15 is 0 Å². The summed E-state index contributed by atoms with van der Waals surface area (Å²) in [6.07, 6.45) is 2.94. The Bertz CT molecular complexity index is 645. The molecule has 23 heavy (non-hydrogen) atoms. The molecular weight excluding hydrogens is 308 g/mol. The van der Waals surface area contributed by atoms with Crippen molar-refractivity contribution >= 4 is 17.4 Å². The van der Waals surface area contributed by atoms with Gasteiger partial charge in [0.1, 0.15) is 0 Å². The average molecular weight is 332 g/mol. The Morgan fingerprint density at radius 1 is 1.57 bits per heavy atom. The quantitative estimate of drug-likeness (QED) is 0.886. The molecule has 2 aromatic heterocycles. The van der Waals surface area contributed by atoms with Crippen molar-refractivity contribution in [2.45, 2.75) is 52.1 Å². The van der Waals surface area contributed by atoms with Crippen LogP contribution in [-0.4, -0.2) is 27.7 Å². The number of thiophene rings is 1. The van der Waals surface area contributed by atoms with E-state index in [1.54, 1.807) is 11.3 Å². The third-order valence-corrected chi connectivity index (χ3v) is 5.61. The summed E-state index contributed by atoms with van der Waals surface area (Å²) in [6, 6.07) is 4.38. The third-order valence-electron chi connectivity index (χ3n) is 4.62. The topological polar surface area (TPSA) is 61.0 Å². The molecule has 0 aliphatic carbocycles. The highest BCUT2D eigenvalue weighted by Crippen LogP contribution is 2.35. The van der Waals surface area contributed by atoms with Gasteiger partial charge in [-0.1, -0.05) is 13.0 Å². The van der Waals surface area contributed by atoms with E-state index in [1.807, 2.05) is 24.8 Å². The molecule has 6 heteroatoms. The van der Waals surface area contributed by atoms with Crippen LogP contribution in [0.25, 0.3) is 0 Å². The van der Waals surface area contributed by atoms with E-state index < -0.39 is 0 Å². The Morgan fingerprint density at radius 3 is 3.00 bits per heavy atom. The zero-order chi connectivity index (χ0) is 16.4. The zero-order valence-electron chi connectivity index (χ0n) is 13.9. The number of carbonyl (C=O) groups is 1. The number of hydrogen-bond donors (Lipinski definition) is 2. The minimum absolute atomic E-state index is 0.0350. The van der Waals surface area contributed by atoms with Gasteiger partial charge in [0.2, 0.25) is 0 Å². The number of aryl methyl sites for hydroxylation is 2. The molecule has 2 atom stereocenters. The van der Waals surface area contributed by atoms with Gasteiger partial charge < -0.3 is 10.2 Å². The summed E-state index contributed by atoms with van der Waals surface area (Å²) in [5, 5.41) is 12.6. The molecule has 0 spiro atoms. The molecular formula is C17H24N4OS. The SMILES string of the molecule is CC[C@H](NC(=O)N1CCC[C@H]1c1c(C)n[nH]c1C)c1cccs1. The number of nitrogens with zero attached hydrogens (tertiary/aromatic N) is 2. The van der Waals surface area contributed by atoms with Gasteiger partial charge in [-0.05, 0) is 44.6 Å². The van der Waals surface area contributed by atoms with Crippen molar-refractivity contribution in [3.63, 3.8) is 0 Å². The lowest BCUT2D eigenvalue weighted by molar-refractivity contribution is 0.188. The van der Waals surface area contributed by atoms with Crippen molar-refractivity contribution in [1.82, 2.24) is 20.4 Å². The molecule has 0 unspecified atom stereocenters. The number of urea groups is 1. The maximum absolute atomic E-state index is 12.8. The van der Waals surface area contributed by atoms with Crippen LogP contribution in [-0.2, 0) is 0 Å².